The Balaban J connectivity index is 1.50. The molecule has 3 rings (SSSR count). The monoisotopic (exact) mass is 423 g/mol. The highest BCUT2D eigenvalue weighted by atomic mass is 16.5. The van der Waals surface area contributed by atoms with Crippen molar-refractivity contribution in [3.05, 3.63) is 53.6 Å². The van der Waals surface area contributed by atoms with Gasteiger partial charge in [0.15, 0.2) is 5.78 Å². The summed E-state index contributed by atoms with van der Waals surface area (Å²) in [5.74, 6) is 0.547. The zero-order valence-corrected chi connectivity index (χ0v) is 18.8. The van der Waals surface area contributed by atoms with Gasteiger partial charge in [-0.1, -0.05) is 6.92 Å². The number of nitrogens with zero attached hydrogens (tertiary/aromatic N) is 2. The summed E-state index contributed by atoms with van der Waals surface area (Å²) in [5, 5.41) is 2.95. The molecule has 1 saturated heterocycles. The number of Topliss-reactive ketones (excluding diaryl/α,β-unsaturated/α-hetero) is 1. The lowest BCUT2D eigenvalue weighted by atomic mass is 10.1. The number of nitrogens with one attached hydrogen (secondary N) is 1. The highest BCUT2D eigenvalue weighted by molar-refractivity contribution is 6.00. The first-order valence-corrected chi connectivity index (χ1v) is 11.1. The smallest absolute Gasteiger partial charge is 0.224 e. The number of aryl methyl sites for hydroxylation is 1. The molecule has 1 fully saturated rings. The standard InChI is InChI=1S/C25H33N3O3/c1-4-27-14-16-28(17-15-27)21-8-11-23(19(3)18-21)26-25(30)13-12-24(29)20-6-9-22(10-7-20)31-5-2/h6-11,18H,4-5,12-17H2,1-3H3,(H,26,30). The van der Waals surface area contributed by atoms with Crippen LogP contribution in [-0.4, -0.2) is 55.9 Å². The zero-order chi connectivity index (χ0) is 22.2. The average molecular weight is 424 g/mol. The molecule has 1 N–H and O–H groups in total. The fourth-order valence-corrected chi connectivity index (χ4v) is 3.79. The van der Waals surface area contributed by atoms with E-state index in [0.29, 0.717) is 12.2 Å². The third-order valence-electron chi connectivity index (χ3n) is 5.74. The van der Waals surface area contributed by atoms with E-state index < -0.39 is 0 Å². The van der Waals surface area contributed by atoms with E-state index in [1.54, 1.807) is 24.3 Å². The molecule has 0 aromatic heterocycles. The Labute approximate surface area is 185 Å². The van der Waals surface area contributed by atoms with Crippen molar-refractivity contribution in [3.63, 3.8) is 0 Å². The number of hydrogen-bond donors (Lipinski definition) is 1. The quantitative estimate of drug-likeness (QED) is 0.615. The summed E-state index contributed by atoms with van der Waals surface area (Å²) in [5.41, 5.74) is 3.62. The summed E-state index contributed by atoms with van der Waals surface area (Å²) in [6, 6.07) is 13.2. The van der Waals surface area contributed by atoms with Crippen LogP contribution in [0.1, 0.15) is 42.6 Å². The van der Waals surface area contributed by atoms with Crippen LogP contribution in [0.25, 0.3) is 0 Å². The van der Waals surface area contributed by atoms with Crippen molar-refractivity contribution in [3.8, 4) is 5.75 Å². The molecular weight excluding hydrogens is 390 g/mol. The van der Waals surface area contributed by atoms with Gasteiger partial charge in [-0.2, -0.15) is 0 Å². The number of hydrogen-bond acceptors (Lipinski definition) is 5. The molecule has 2 aromatic carbocycles. The Morgan fingerprint density at radius 3 is 2.29 bits per heavy atom. The largest absolute Gasteiger partial charge is 0.494 e. The van der Waals surface area contributed by atoms with E-state index in [-0.39, 0.29) is 24.5 Å². The van der Waals surface area contributed by atoms with E-state index in [2.05, 4.69) is 34.2 Å². The van der Waals surface area contributed by atoms with Crippen LogP contribution in [0.3, 0.4) is 0 Å². The minimum absolute atomic E-state index is 0.0449. The Morgan fingerprint density at radius 2 is 1.68 bits per heavy atom. The highest BCUT2D eigenvalue weighted by Crippen LogP contribution is 2.24. The third kappa shape index (κ3) is 6.31. The molecule has 1 amide bonds. The average Bonchev–Trinajstić information content (AvgIpc) is 2.79. The van der Waals surface area contributed by atoms with Crippen LogP contribution in [0.2, 0.25) is 0 Å². The van der Waals surface area contributed by atoms with Gasteiger partial charge in [0.25, 0.3) is 0 Å². The van der Waals surface area contributed by atoms with Crippen molar-refractivity contribution < 1.29 is 14.3 Å². The van der Waals surface area contributed by atoms with Gasteiger partial charge in [-0.25, -0.2) is 0 Å². The fourth-order valence-electron chi connectivity index (χ4n) is 3.79. The predicted octanol–water partition coefficient (Wildman–Crippen LogP) is 4.14. The molecule has 0 atom stereocenters. The first kappa shape index (κ1) is 22.8. The van der Waals surface area contributed by atoms with Gasteiger partial charge in [0.2, 0.25) is 5.91 Å². The van der Waals surface area contributed by atoms with E-state index in [9.17, 15) is 9.59 Å². The lowest BCUT2D eigenvalue weighted by Gasteiger charge is -2.35. The topological polar surface area (TPSA) is 61.9 Å². The summed E-state index contributed by atoms with van der Waals surface area (Å²) in [4.78, 5) is 29.6. The van der Waals surface area contributed by atoms with Crippen LogP contribution in [0, 0.1) is 6.92 Å². The summed E-state index contributed by atoms with van der Waals surface area (Å²) < 4.78 is 5.39. The fraction of sp³-hybridized carbons (Fsp3) is 0.440. The van der Waals surface area contributed by atoms with E-state index in [4.69, 9.17) is 4.74 Å². The molecule has 0 bridgehead atoms. The summed E-state index contributed by atoms with van der Waals surface area (Å²) >= 11 is 0. The molecule has 31 heavy (non-hydrogen) atoms. The number of piperazine rings is 1. The maximum Gasteiger partial charge on any atom is 0.224 e. The van der Waals surface area contributed by atoms with E-state index in [1.165, 1.54) is 5.69 Å². The van der Waals surface area contributed by atoms with Crippen LogP contribution in [-0.2, 0) is 4.79 Å². The van der Waals surface area contributed by atoms with Gasteiger partial charge in [0.1, 0.15) is 5.75 Å². The predicted molar refractivity (Wildman–Crippen MR) is 125 cm³/mol. The van der Waals surface area contributed by atoms with Crippen LogP contribution in [0.15, 0.2) is 42.5 Å². The summed E-state index contributed by atoms with van der Waals surface area (Å²) in [6.45, 7) is 12.0. The number of rotatable bonds is 9. The zero-order valence-electron chi connectivity index (χ0n) is 18.8. The molecule has 0 saturated carbocycles. The van der Waals surface area contributed by atoms with Crippen molar-refractivity contribution >= 4 is 23.1 Å². The van der Waals surface area contributed by atoms with Crippen molar-refractivity contribution in [1.82, 2.24) is 4.90 Å². The molecule has 6 nitrogen and oxygen atoms in total. The lowest BCUT2D eigenvalue weighted by molar-refractivity contribution is -0.116. The number of benzene rings is 2. The minimum Gasteiger partial charge on any atom is -0.494 e. The number of anilines is 2. The van der Waals surface area contributed by atoms with E-state index >= 15 is 0 Å². The number of ether oxygens (including phenoxy) is 1. The molecular formula is C25H33N3O3. The van der Waals surface area contributed by atoms with Gasteiger partial charge in [0.05, 0.1) is 6.61 Å². The van der Waals surface area contributed by atoms with Gasteiger partial charge in [-0.05, 0) is 68.4 Å². The van der Waals surface area contributed by atoms with E-state index in [1.807, 2.05) is 19.9 Å². The number of ketones is 1. The molecule has 6 heteroatoms. The van der Waals surface area contributed by atoms with Crippen LogP contribution < -0.4 is 15.0 Å². The molecule has 0 aliphatic carbocycles. The van der Waals surface area contributed by atoms with Gasteiger partial charge in [-0.15, -0.1) is 0 Å². The Kier molecular flexibility index (Phi) is 8.06. The second-order valence-electron chi connectivity index (χ2n) is 7.85. The van der Waals surface area contributed by atoms with Crippen LogP contribution in [0.5, 0.6) is 5.75 Å². The third-order valence-corrected chi connectivity index (χ3v) is 5.74. The second kappa shape index (κ2) is 11.0. The molecule has 1 aliphatic heterocycles. The Morgan fingerprint density at radius 1 is 0.968 bits per heavy atom. The second-order valence-corrected chi connectivity index (χ2v) is 7.85. The van der Waals surface area contributed by atoms with Gasteiger partial charge in [0, 0.05) is 56.0 Å². The molecule has 0 unspecified atom stereocenters. The lowest BCUT2D eigenvalue weighted by Crippen LogP contribution is -2.46. The highest BCUT2D eigenvalue weighted by Gasteiger charge is 2.17. The summed E-state index contributed by atoms with van der Waals surface area (Å²) in [6.07, 6.45) is 0.338. The van der Waals surface area contributed by atoms with Gasteiger partial charge >= 0.3 is 0 Å². The molecule has 166 valence electrons. The molecule has 1 heterocycles. The van der Waals surface area contributed by atoms with Gasteiger partial charge in [-0.3, -0.25) is 9.59 Å². The van der Waals surface area contributed by atoms with Crippen molar-refractivity contribution in [2.45, 2.75) is 33.6 Å². The molecule has 0 radical (unpaired) electrons. The van der Waals surface area contributed by atoms with E-state index in [0.717, 1.165) is 49.7 Å². The maximum atomic E-state index is 12.4. The summed E-state index contributed by atoms with van der Waals surface area (Å²) in [7, 11) is 0. The SMILES string of the molecule is CCOc1ccc(C(=O)CCC(=O)Nc2ccc(N3CCN(CC)CC3)cc2C)cc1. The minimum atomic E-state index is -0.147. The number of likely N-dealkylation sites (N-methyl/N-ethyl adjacent to an activating group) is 1. The van der Waals surface area contributed by atoms with Gasteiger partial charge < -0.3 is 19.9 Å². The van der Waals surface area contributed by atoms with Crippen molar-refractivity contribution in [2.24, 2.45) is 0 Å². The van der Waals surface area contributed by atoms with Crippen molar-refractivity contribution in [1.29, 1.82) is 0 Å². The number of amides is 1. The molecule has 2 aromatic rings. The number of carbonyl (C=O) groups excluding carboxylic acids is 2. The molecule has 0 spiro atoms. The Hall–Kier alpha value is -2.86. The van der Waals surface area contributed by atoms with Crippen molar-refractivity contribution in [2.75, 3.05) is 49.5 Å². The first-order valence-electron chi connectivity index (χ1n) is 11.1. The normalized spacial score (nSPS) is 14.4. The molecule has 1 aliphatic rings. The maximum absolute atomic E-state index is 12.4. The Bertz CT molecular complexity index is 887. The van der Waals surface area contributed by atoms with Crippen LogP contribution in [0.4, 0.5) is 11.4 Å². The van der Waals surface area contributed by atoms with Crippen LogP contribution >= 0.6 is 0 Å². The number of carbonyl (C=O) groups is 2. The first-order chi connectivity index (χ1) is 15.0.